The summed E-state index contributed by atoms with van der Waals surface area (Å²) in [5, 5.41) is 2.51. The topological polar surface area (TPSA) is 90.3 Å². The average Bonchev–Trinajstić information content (AvgIpc) is 2.50. The highest BCUT2D eigenvalue weighted by Gasteiger charge is 2.09. The lowest BCUT2D eigenvalue weighted by Gasteiger charge is -2.06. The van der Waals surface area contributed by atoms with E-state index in [2.05, 4.69) is 15.0 Å². The Morgan fingerprint density at radius 3 is 2.57 bits per heavy atom. The largest absolute Gasteiger partial charge is 0.468 e. The molecule has 0 aliphatic carbocycles. The van der Waals surface area contributed by atoms with Crippen molar-refractivity contribution in [3.05, 3.63) is 58.6 Å². The molecule has 1 heterocycles. The Kier molecular flexibility index (Phi) is 4.45. The van der Waals surface area contributed by atoms with Crippen molar-refractivity contribution < 1.29 is 14.3 Å². The third-order valence-electron chi connectivity index (χ3n) is 2.68. The second-order valence-corrected chi connectivity index (χ2v) is 4.12. The van der Waals surface area contributed by atoms with E-state index in [4.69, 9.17) is 0 Å². The number of ether oxygens (including phenoxy) is 1. The smallest absolute Gasteiger partial charge is 0.350 e. The molecular weight excluding hydrogens is 274 g/mol. The normalized spacial score (nSPS) is 9.95. The number of methoxy groups -OCH3 is 1. The maximum Gasteiger partial charge on any atom is 0.350 e. The van der Waals surface area contributed by atoms with Gasteiger partial charge in [0.2, 0.25) is 0 Å². The van der Waals surface area contributed by atoms with Crippen molar-refractivity contribution in [1.29, 1.82) is 0 Å². The third kappa shape index (κ3) is 3.75. The van der Waals surface area contributed by atoms with Crippen molar-refractivity contribution in [2.24, 2.45) is 0 Å². The fourth-order valence-corrected chi connectivity index (χ4v) is 1.60. The van der Waals surface area contributed by atoms with Crippen LogP contribution in [0.25, 0.3) is 0 Å². The molecular formula is C14H13N3O4. The fourth-order valence-electron chi connectivity index (χ4n) is 1.60. The molecule has 1 N–H and O–H groups in total. The molecule has 0 saturated heterocycles. The van der Waals surface area contributed by atoms with Gasteiger partial charge >= 0.3 is 11.7 Å². The number of benzene rings is 1. The number of hydrogen-bond acceptors (Lipinski definition) is 5. The second-order valence-electron chi connectivity index (χ2n) is 4.12. The summed E-state index contributed by atoms with van der Waals surface area (Å²) in [4.78, 5) is 38.4. The molecule has 0 radical (unpaired) electrons. The summed E-state index contributed by atoms with van der Waals surface area (Å²) in [6, 6.07) is 9.99. The van der Waals surface area contributed by atoms with Crippen LogP contribution >= 0.6 is 0 Å². The quantitative estimate of drug-likeness (QED) is 0.835. The minimum Gasteiger partial charge on any atom is -0.468 e. The minimum atomic E-state index is -0.647. The monoisotopic (exact) mass is 287 g/mol. The maximum atomic E-state index is 11.9. The number of rotatable bonds is 4. The number of nitrogens with zero attached hydrogens (tertiary/aromatic N) is 2. The first-order chi connectivity index (χ1) is 10.1. The highest BCUT2D eigenvalue weighted by Crippen LogP contribution is 2.04. The maximum absolute atomic E-state index is 11.9. The van der Waals surface area contributed by atoms with E-state index in [1.165, 1.54) is 19.4 Å². The van der Waals surface area contributed by atoms with Crippen molar-refractivity contribution >= 4 is 17.7 Å². The Bertz CT molecular complexity index is 710. The number of carbonyl (C=O) groups is 2. The van der Waals surface area contributed by atoms with Crippen LogP contribution in [0.1, 0.15) is 10.4 Å². The zero-order valence-corrected chi connectivity index (χ0v) is 11.3. The molecule has 2 aromatic rings. The molecule has 1 amide bonds. The van der Waals surface area contributed by atoms with Gasteiger partial charge in [-0.25, -0.2) is 4.79 Å². The molecule has 0 saturated carbocycles. The Labute approximate surface area is 120 Å². The van der Waals surface area contributed by atoms with Crippen LogP contribution in [0.4, 0.5) is 5.82 Å². The summed E-state index contributed by atoms with van der Waals surface area (Å²) in [5.74, 6) is -0.803. The average molecular weight is 287 g/mol. The summed E-state index contributed by atoms with van der Waals surface area (Å²) in [6.07, 6.45) is 1.37. The lowest BCUT2D eigenvalue weighted by molar-refractivity contribution is -0.141. The molecule has 21 heavy (non-hydrogen) atoms. The summed E-state index contributed by atoms with van der Waals surface area (Å²) < 4.78 is 5.55. The molecule has 0 fully saturated rings. The summed E-state index contributed by atoms with van der Waals surface area (Å²) in [7, 11) is 1.23. The van der Waals surface area contributed by atoms with Crippen LogP contribution < -0.4 is 11.0 Å². The molecule has 1 aromatic heterocycles. The molecule has 1 aromatic carbocycles. The van der Waals surface area contributed by atoms with Crippen molar-refractivity contribution in [3.8, 4) is 0 Å². The van der Waals surface area contributed by atoms with Crippen LogP contribution in [-0.4, -0.2) is 28.5 Å². The zero-order valence-electron chi connectivity index (χ0n) is 11.3. The highest BCUT2D eigenvalue weighted by molar-refractivity contribution is 6.03. The number of anilines is 1. The van der Waals surface area contributed by atoms with E-state index in [9.17, 15) is 14.4 Å². The Morgan fingerprint density at radius 2 is 1.95 bits per heavy atom. The number of carbonyl (C=O) groups excluding carboxylic acids is 2. The van der Waals surface area contributed by atoms with Gasteiger partial charge in [0.1, 0.15) is 12.4 Å². The van der Waals surface area contributed by atoms with Crippen LogP contribution in [-0.2, 0) is 16.1 Å². The number of hydrogen-bond donors (Lipinski definition) is 1. The van der Waals surface area contributed by atoms with Crippen molar-refractivity contribution in [2.45, 2.75) is 6.54 Å². The van der Waals surface area contributed by atoms with Crippen molar-refractivity contribution in [3.63, 3.8) is 0 Å². The van der Waals surface area contributed by atoms with E-state index >= 15 is 0 Å². The van der Waals surface area contributed by atoms with Gasteiger partial charge in [-0.2, -0.15) is 4.98 Å². The lowest BCUT2D eigenvalue weighted by Crippen LogP contribution is -2.27. The van der Waals surface area contributed by atoms with E-state index in [1.54, 1.807) is 30.3 Å². The Balaban J connectivity index is 2.12. The van der Waals surface area contributed by atoms with Gasteiger partial charge in [0, 0.05) is 11.8 Å². The van der Waals surface area contributed by atoms with Gasteiger partial charge < -0.3 is 10.1 Å². The summed E-state index contributed by atoms with van der Waals surface area (Å²) in [6.45, 7) is -0.227. The van der Waals surface area contributed by atoms with E-state index in [-0.39, 0.29) is 18.3 Å². The third-order valence-corrected chi connectivity index (χ3v) is 2.68. The molecule has 0 spiro atoms. The molecule has 0 aliphatic heterocycles. The van der Waals surface area contributed by atoms with E-state index in [0.717, 1.165) is 4.57 Å². The predicted octanol–water partition coefficient (Wildman–Crippen LogP) is 0.669. The molecule has 2 rings (SSSR count). The number of amides is 1. The molecule has 0 bridgehead atoms. The first-order valence-corrected chi connectivity index (χ1v) is 6.11. The van der Waals surface area contributed by atoms with Gasteiger partial charge in [0.25, 0.3) is 5.91 Å². The van der Waals surface area contributed by atoms with E-state index in [1.807, 2.05) is 0 Å². The van der Waals surface area contributed by atoms with Crippen LogP contribution in [0.3, 0.4) is 0 Å². The SMILES string of the molecule is COC(=O)Cn1ccc(NC(=O)c2ccccc2)nc1=O. The standard InChI is InChI=1S/C14H13N3O4/c1-21-12(18)9-17-8-7-11(16-14(17)20)15-13(19)10-5-3-2-4-6-10/h2-8H,9H2,1H3,(H,15,16,19,20). The Morgan fingerprint density at radius 1 is 1.24 bits per heavy atom. The van der Waals surface area contributed by atoms with Gasteiger partial charge in [0.15, 0.2) is 0 Å². The predicted molar refractivity (Wildman–Crippen MR) is 74.9 cm³/mol. The van der Waals surface area contributed by atoms with Gasteiger partial charge in [-0.3, -0.25) is 14.2 Å². The Hall–Kier alpha value is -2.96. The van der Waals surface area contributed by atoms with E-state index in [0.29, 0.717) is 5.56 Å². The van der Waals surface area contributed by atoms with Crippen LogP contribution in [0.15, 0.2) is 47.4 Å². The highest BCUT2D eigenvalue weighted by atomic mass is 16.5. The van der Waals surface area contributed by atoms with E-state index < -0.39 is 11.7 Å². The molecule has 0 aliphatic rings. The van der Waals surface area contributed by atoms with Gasteiger partial charge in [-0.15, -0.1) is 0 Å². The first kappa shape index (κ1) is 14.4. The summed E-state index contributed by atoms with van der Waals surface area (Å²) in [5.41, 5.74) is -0.190. The van der Waals surface area contributed by atoms with Gasteiger partial charge in [-0.05, 0) is 18.2 Å². The van der Waals surface area contributed by atoms with Crippen LogP contribution in [0.5, 0.6) is 0 Å². The molecule has 7 heteroatoms. The number of esters is 1. The zero-order chi connectivity index (χ0) is 15.2. The summed E-state index contributed by atoms with van der Waals surface area (Å²) >= 11 is 0. The van der Waals surface area contributed by atoms with Crippen molar-refractivity contribution in [1.82, 2.24) is 9.55 Å². The first-order valence-electron chi connectivity index (χ1n) is 6.11. The minimum absolute atomic E-state index is 0.120. The molecule has 108 valence electrons. The van der Waals surface area contributed by atoms with Crippen LogP contribution in [0.2, 0.25) is 0 Å². The molecule has 0 atom stereocenters. The van der Waals surface area contributed by atoms with Gasteiger partial charge in [0.05, 0.1) is 7.11 Å². The lowest BCUT2D eigenvalue weighted by atomic mass is 10.2. The fraction of sp³-hybridized carbons (Fsp3) is 0.143. The molecule has 7 nitrogen and oxygen atoms in total. The number of aromatic nitrogens is 2. The molecule has 0 unspecified atom stereocenters. The van der Waals surface area contributed by atoms with Crippen molar-refractivity contribution in [2.75, 3.05) is 12.4 Å². The number of nitrogens with one attached hydrogen (secondary N) is 1. The van der Waals surface area contributed by atoms with Crippen LogP contribution in [0, 0.1) is 0 Å². The van der Waals surface area contributed by atoms with Gasteiger partial charge in [-0.1, -0.05) is 18.2 Å². The second kappa shape index (κ2) is 6.47.